The van der Waals surface area contributed by atoms with Crippen LogP contribution in [0.15, 0.2) is 36.4 Å². The zero-order chi connectivity index (χ0) is 10.8. The van der Waals surface area contributed by atoms with E-state index in [1.807, 2.05) is 43.3 Å². The number of fused-ring (bicyclic) bond motifs is 1. The number of benzene rings is 2. The number of nitrogens with zero attached hydrogens (tertiary/aromatic N) is 1. The molecule has 0 N–H and O–H groups in total. The molecule has 0 fully saturated rings. The van der Waals surface area contributed by atoms with E-state index in [4.69, 9.17) is 0 Å². The lowest BCUT2D eigenvalue weighted by Gasteiger charge is -2.05. The van der Waals surface area contributed by atoms with Crippen molar-refractivity contribution < 1.29 is 4.92 Å². The zero-order valence-corrected chi connectivity index (χ0v) is 8.43. The van der Waals surface area contributed by atoms with Gasteiger partial charge in [-0.25, -0.2) is 0 Å². The van der Waals surface area contributed by atoms with Crippen molar-refractivity contribution in [3.05, 3.63) is 57.6 Å². The molecule has 0 amide bonds. The highest BCUT2D eigenvalue weighted by molar-refractivity contribution is 5.88. The Morgan fingerprint density at radius 3 is 2.47 bits per heavy atom. The summed E-state index contributed by atoms with van der Waals surface area (Å²) in [5.74, 6) is 0. The van der Waals surface area contributed by atoms with Gasteiger partial charge in [0.25, 0.3) is 0 Å². The van der Waals surface area contributed by atoms with Crippen molar-refractivity contribution >= 4 is 10.8 Å². The minimum Gasteiger partial charge on any atom is -0.264 e. The second-order valence-corrected chi connectivity index (χ2v) is 3.58. The molecule has 2 rings (SSSR count). The molecule has 0 aromatic heterocycles. The van der Waals surface area contributed by atoms with E-state index < -0.39 is 0 Å². The molecule has 3 nitrogen and oxygen atoms in total. The van der Waals surface area contributed by atoms with Gasteiger partial charge in [0, 0.05) is 10.5 Å². The highest BCUT2D eigenvalue weighted by Crippen LogP contribution is 2.22. The molecular weight excluding hydrogens is 190 g/mol. The Bertz CT molecular complexity index is 520. The van der Waals surface area contributed by atoms with Crippen molar-refractivity contribution in [2.45, 2.75) is 13.5 Å². The van der Waals surface area contributed by atoms with Crippen molar-refractivity contribution in [1.29, 1.82) is 0 Å². The Labute approximate surface area is 87.5 Å². The summed E-state index contributed by atoms with van der Waals surface area (Å²) in [6.45, 7) is 1.90. The molecule has 76 valence electrons. The Morgan fingerprint density at radius 1 is 1.13 bits per heavy atom. The van der Waals surface area contributed by atoms with E-state index >= 15 is 0 Å². The average Bonchev–Trinajstić information content (AvgIpc) is 2.22. The lowest BCUT2D eigenvalue weighted by molar-refractivity contribution is -0.496. The third-order valence-electron chi connectivity index (χ3n) is 2.53. The summed E-state index contributed by atoms with van der Waals surface area (Å²) in [5.41, 5.74) is 1.93. The molecule has 0 atom stereocenters. The summed E-state index contributed by atoms with van der Waals surface area (Å²) in [6, 6.07) is 11.5. The maximum absolute atomic E-state index is 10.5. The molecule has 0 spiro atoms. The van der Waals surface area contributed by atoms with Crippen molar-refractivity contribution in [2.24, 2.45) is 0 Å². The van der Waals surface area contributed by atoms with Gasteiger partial charge in [0.15, 0.2) is 0 Å². The molecular formula is C12H11NO2. The predicted octanol–water partition coefficient (Wildman–Crippen LogP) is 2.92. The van der Waals surface area contributed by atoms with E-state index in [0.29, 0.717) is 0 Å². The summed E-state index contributed by atoms with van der Waals surface area (Å²) in [6.07, 6.45) is 0. The summed E-state index contributed by atoms with van der Waals surface area (Å²) < 4.78 is 0. The lowest BCUT2D eigenvalue weighted by atomic mass is 10.0. The third kappa shape index (κ3) is 1.81. The van der Waals surface area contributed by atoms with Gasteiger partial charge in [-0.2, -0.15) is 0 Å². The molecule has 2 aromatic carbocycles. The Balaban J connectivity index is 2.66. The van der Waals surface area contributed by atoms with Gasteiger partial charge >= 0.3 is 0 Å². The van der Waals surface area contributed by atoms with Gasteiger partial charge < -0.3 is 0 Å². The van der Waals surface area contributed by atoms with E-state index in [9.17, 15) is 10.1 Å². The first-order chi connectivity index (χ1) is 7.18. The van der Waals surface area contributed by atoms with Crippen molar-refractivity contribution in [3.8, 4) is 0 Å². The molecule has 0 radical (unpaired) electrons. The van der Waals surface area contributed by atoms with Gasteiger partial charge in [0.05, 0.1) is 0 Å². The van der Waals surface area contributed by atoms with E-state index in [2.05, 4.69) is 0 Å². The summed E-state index contributed by atoms with van der Waals surface area (Å²) in [5, 5.41) is 12.6. The van der Waals surface area contributed by atoms with Crippen LogP contribution >= 0.6 is 0 Å². The first-order valence-corrected chi connectivity index (χ1v) is 4.77. The van der Waals surface area contributed by atoms with Crippen LogP contribution in [0.2, 0.25) is 0 Å². The van der Waals surface area contributed by atoms with Crippen LogP contribution < -0.4 is 0 Å². The van der Waals surface area contributed by atoms with E-state index in [0.717, 1.165) is 21.9 Å². The molecule has 0 unspecified atom stereocenters. The topological polar surface area (TPSA) is 43.1 Å². The number of hydrogen-bond donors (Lipinski definition) is 0. The van der Waals surface area contributed by atoms with Crippen LogP contribution in [0.4, 0.5) is 0 Å². The number of aryl methyl sites for hydroxylation is 1. The van der Waals surface area contributed by atoms with Crippen LogP contribution in [-0.2, 0) is 6.54 Å². The number of nitro groups is 1. The fourth-order valence-electron chi connectivity index (χ4n) is 1.79. The molecule has 0 aliphatic rings. The SMILES string of the molecule is Cc1ccc(C[N+](=O)[O-])c2ccccc12. The second-order valence-electron chi connectivity index (χ2n) is 3.58. The minimum absolute atomic E-state index is 0.110. The van der Waals surface area contributed by atoms with Gasteiger partial charge in [-0.3, -0.25) is 10.1 Å². The first-order valence-electron chi connectivity index (χ1n) is 4.77. The van der Waals surface area contributed by atoms with Gasteiger partial charge in [0.2, 0.25) is 6.54 Å². The second kappa shape index (κ2) is 3.69. The van der Waals surface area contributed by atoms with Crippen LogP contribution in [0.5, 0.6) is 0 Å². The fourth-order valence-corrected chi connectivity index (χ4v) is 1.79. The Morgan fingerprint density at radius 2 is 1.80 bits per heavy atom. The van der Waals surface area contributed by atoms with Crippen molar-refractivity contribution in [2.75, 3.05) is 0 Å². The monoisotopic (exact) mass is 201 g/mol. The maximum atomic E-state index is 10.5. The van der Waals surface area contributed by atoms with E-state index in [1.165, 1.54) is 0 Å². The summed E-state index contributed by atoms with van der Waals surface area (Å²) in [4.78, 5) is 10.2. The molecule has 15 heavy (non-hydrogen) atoms. The van der Waals surface area contributed by atoms with Crippen molar-refractivity contribution in [3.63, 3.8) is 0 Å². The number of rotatable bonds is 2. The van der Waals surface area contributed by atoms with Crippen molar-refractivity contribution in [1.82, 2.24) is 0 Å². The van der Waals surface area contributed by atoms with E-state index in [1.54, 1.807) is 0 Å². The molecule has 0 aliphatic heterocycles. The third-order valence-corrected chi connectivity index (χ3v) is 2.53. The molecule has 0 saturated heterocycles. The Hall–Kier alpha value is -1.90. The van der Waals surface area contributed by atoms with Crippen LogP contribution in [-0.4, -0.2) is 4.92 Å². The smallest absolute Gasteiger partial charge is 0.229 e. The standard InChI is InChI=1S/C12H11NO2/c1-9-6-7-10(8-13(14)15)12-5-3-2-4-11(9)12/h2-7H,8H2,1H3. The lowest BCUT2D eigenvalue weighted by Crippen LogP contribution is -1.99. The average molecular weight is 201 g/mol. The van der Waals surface area contributed by atoms with Crippen LogP contribution in [0, 0.1) is 17.0 Å². The minimum atomic E-state index is -0.295. The molecule has 0 heterocycles. The summed E-state index contributed by atoms with van der Waals surface area (Å²) >= 11 is 0. The summed E-state index contributed by atoms with van der Waals surface area (Å²) in [7, 11) is 0. The molecule has 2 aromatic rings. The molecule has 0 aliphatic carbocycles. The fraction of sp³-hybridized carbons (Fsp3) is 0.167. The predicted molar refractivity (Wildman–Crippen MR) is 59.4 cm³/mol. The largest absolute Gasteiger partial charge is 0.264 e. The van der Waals surface area contributed by atoms with Gasteiger partial charge in [-0.1, -0.05) is 36.4 Å². The molecule has 0 bridgehead atoms. The van der Waals surface area contributed by atoms with Crippen LogP contribution in [0.3, 0.4) is 0 Å². The van der Waals surface area contributed by atoms with Gasteiger partial charge in [-0.15, -0.1) is 0 Å². The molecule has 3 heteroatoms. The number of hydrogen-bond acceptors (Lipinski definition) is 2. The highest BCUT2D eigenvalue weighted by Gasteiger charge is 2.07. The maximum Gasteiger partial charge on any atom is 0.229 e. The molecule has 0 saturated carbocycles. The highest BCUT2D eigenvalue weighted by atomic mass is 16.6. The van der Waals surface area contributed by atoms with E-state index in [-0.39, 0.29) is 11.5 Å². The van der Waals surface area contributed by atoms with Gasteiger partial charge in [0.1, 0.15) is 0 Å². The normalized spacial score (nSPS) is 10.5. The van der Waals surface area contributed by atoms with Crippen LogP contribution in [0.1, 0.15) is 11.1 Å². The first kappa shape index (κ1) is 9.65. The quantitative estimate of drug-likeness (QED) is 0.553. The van der Waals surface area contributed by atoms with Gasteiger partial charge in [-0.05, 0) is 23.3 Å². The zero-order valence-electron chi connectivity index (χ0n) is 8.43. The Kier molecular flexibility index (Phi) is 2.37. The van der Waals surface area contributed by atoms with Crippen LogP contribution in [0.25, 0.3) is 10.8 Å².